The van der Waals surface area contributed by atoms with Crippen LogP contribution in [0.1, 0.15) is 18.1 Å². The van der Waals surface area contributed by atoms with E-state index in [1.54, 1.807) is 20.0 Å². The molecule has 4 nitrogen and oxygen atoms in total. The Labute approximate surface area is 113 Å². The van der Waals surface area contributed by atoms with Crippen molar-refractivity contribution >= 4 is 18.0 Å². The van der Waals surface area contributed by atoms with Gasteiger partial charge >= 0.3 is 5.97 Å². The molecule has 1 aromatic carbocycles. The van der Waals surface area contributed by atoms with Crippen molar-refractivity contribution in [2.45, 2.75) is 13.8 Å². The molecule has 0 bridgehead atoms. The molecule has 0 spiro atoms. The smallest absolute Gasteiger partial charge is 0.325 e. The van der Waals surface area contributed by atoms with Crippen LogP contribution in [0.5, 0.6) is 0 Å². The zero-order chi connectivity index (χ0) is 14.3. The molecule has 0 radical (unpaired) electrons. The monoisotopic (exact) mass is 261 g/mol. The van der Waals surface area contributed by atoms with E-state index in [2.05, 4.69) is 0 Å². The van der Waals surface area contributed by atoms with Gasteiger partial charge in [-0.2, -0.15) is 0 Å². The van der Waals surface area contributed by atoms with Crippen LogP contribution in [0.15, 0.2) is 30.3 Å². The molecule has 0 N–H and O–H groups in total. The number of nitrogens with zero attached hydrogens (tertiary/aromatic N) is 1. The van der Waals surface area contributed by atoms with Crippen LogP contribution in [0, 0.1) is 6.92 Å². The van der Waals surface area contributed by atoms with Gasteiger partial charge in [0.2, 0.25) is 5.91 Å². The first-order valence-corrected chi connectivity index (χ1v) is 6.18. The second-order valence-corrected chi connectivity index (χ2v) is 4.24. The lowest BCUT2D eigenvalue weighted by Gasteiger charge is -2.13. The van der Waals surface area contributed by atoms with Crippen LogP contribution in [-0.2, 0) is 14.3 Å². The maximum absolute atomic E-state index is 11.8. The fourth-order valence-corrected chi connectivity index (χ4v) is 1.45. The number of ether oxygens (including phenoxy) is 1. The van der Waals surface area contributed by atoms with Crippen LogP contribution in [0.4, 0.5) is 0 Å². The molecule has 0 heterocycles. The van der Waals surface area contributed by atoms with Crippen LogP contribution in [0.3, 0.4) is 0 Å². The molecule has 1 rings (SSSR count). The van der Waals surface area contributed by atoms with Crippen LogP contribution in [0.2, 0.25) is 0 Å². The summed E-state index contributed by atoms with van der Waals surface area (Å²) in [5, 5.41) is 0. The lowest BCUT2D eigenvalue weighted by atomic mass is 10.1. The van der Waals surface area contributed by atoms with Gasteiger partial charge in [-0.1, -0.05) is 29.8 Å². The highest BCUT2D eigenvalue weighted by Gasteiger charge is 2.10. The molecule has 0 saturated heterocycles. The van der Waals surface area contributed by atoms with E-state index >= 15 is 0 Å². The number of benzene rings is 1. The summed E-state index contributed by atoms with van der Waals surface area (Å²) in [5.41, 5.74) is 2.12. The zero-order valence-corrected chi connectivity index (χ0v) is 11.6. The summed E-state index contributed by atoms with van der Waals surface area (Å²) in [6, 6.07) is 7.83. The standard InChI is InChI=1S/C15H19NO3/c1-4-19-15(18)11-16(3)14(17)10-9-13-7-5-12(2)6-8-13/h5-10H,4,11H2,1-3H3. The van der Waals surface area contributed by atoms with Crippen molar-refractivity contribution in [2.24, 2.45) is 0 Å². The van der Waals surface area contributed by atoms with Gasteiger partial charge < -0.3 is 9.64 Å². The minimum Gasteiger partial charge on any atom is -0.465 e. The van der Waals surface area contributed by atoms with E-state index in [0.717, 1.165) is 5.56 Å². The highest BCUT2D eigenvalue weighted by atomic mass is 16.5. The summed E-state index contributed by atoms with van der Waals surface area (Å²) >= 11 is 0. The van der Waals surface area contributed by atoms with Gasteiger partial charge in [0.05, 0.1) is 6.61 Å². The van der Waals surface area contributed by atoms with Crippen molar-refractivity contribution in [3.05, 3.63) is 41.5 Å². The molecule has 0 aliphatic rings. The average molecular weight is 261 g/mol. The molecule has 0 saturated carbocycles. The summed E-state index contributed by atoms with van der Waals surface area (Å²) < 4.78 is 4.78. The summed E-state index contributed by atoms with van der Waals surface area (Å²) in [6.07, 6.45) is 3.17. The topological polar surface area (TPSA) is 46.6 Å². The molecule has 0 fully saturated rings. The molecule has 0 aliphatic heterocycles. The van der Waals surface area contributed by atoms with E-state index in [-0.39, 0.29) is 12.5 Å². The maximum atomic E-state index is 11.8. The van der Waals surface area contributed by atoms with Crippen molar-refractivity contribution < 1.29 is 14.3 Å². The number of likely N-dealkylation sites (N-methyl/N-ethyl adjacent to an activating group) is 1. The third kappa shape index (κ3) is 5.38. The van der Waals surface area contributed by atoms with E-state index in [1.807, 2.05) is 31.2 Å². The second kappa shape index (κ2) is 7.36. The molecular formula is C15H19NO3. The van der Waals surface area contributed by atoms with Gasteiger partial charge in [-0.25, -0.2) is 0 Å². The summed E-state index contributed by atoms with van der Waals surface area (Å²) in [6.45, 7) is 4.02. The summed E-state index contributed by atoms with van der Waals surface area (Å²) in [4.78, 5) is 24.3. The van der Waals surface area contributed by atoms with Crippen LogP contribution in [-0.4, -0.2) is 37.0 Å². The van der Waals surface area contributed by atoms with Crippen LogP contribution < -0.4 is 0 Å². The van der Waals surface area contributed by atoms with Gasteiger partial charge in [0.15, 0.2) is 0 Å². The van der Waals surface area contributed by atoms with Crippen LogP contribution >= 0.6 is 0 Å². The number of aryl methyl sites for hydroxylation is 1. The highest BCUT2D eigenvalue weighted by molar-refractivity contribution is 5.93. The van der Waals surface area contributed by atoms with E-state index in [9.17, 15) is 9.59 Å². The first-order valence-electron chi connectivity index (χ1n) is 6.18. The molecule has 19 heavy (non-hydrogen) atoms. The molecule has 102 valence electrons. The molecule has 0 unspecified atom stereocenters. The predicted octanol–water partition coefficient (Wildman–Crippen LogP) is 2.03. The molecule has 1 amide bonds. The Balaban J connectivity index is 2.54. The summed E-state index contributed by atoms with van der Waals surface area (Å²) in [5.74, 6) is -0.629. The van der Waals surface area contributed by atoms with Gasteiger partial charge in [-0.15, -0.1) is 0 Å². The SMILES string of the molecule is CCOC(=O)CN(C)C(=O)C=Cc1ccc(C)cc1. The Morgan fingerprint density at radius 3 is 2.47 bits per heavy atom. The van der Waals surface area contributed by atoms with Gasteiger partial charge in [0.25, 0.3) is 0 Å². The average Bonchev–Trinajstić information content (AvgIpc) is 2.37. The lowest BCUT2D eigenvalue weighted by Crippen LogP contribution is -2.31. The van der Waals surface area contributed by atoms with Gasteiger partial charge in [-0.3, -0.25) is 9.59 Å². The largest absolute Gasteiger partial charge is 0.465 e. The first kappa shape index (κ1) is 15.0. The molecular weight excluding hydrogens is 242 g/mol. The maximum Gasteiger partial charge on any atom is 0.325 e. The van der Waals surface area contributed by atoms with E-state index in [4.69, 9.17) is 4.74 Å². The lowest BCUT2D eigenvalue weighted by molar-refractivity contribution is -0.146. The van der Waals surface area contributed by atoms with Gasteiger partial charge in [0, 0.05) is 13.1 Å². The normalized spacial score (nSPS) is 10.5. The molecule has 1 aromatic rings. The molecule has 0 aliphatic carbocycles. The number of hydrogen-bond donors (Lipinski definition) is 0. The Bertz CT molecular complexity index is 463. The summed E-state index contributed by atoms with van der Waals surface area (Å²) in [7, 11) is 1.57. The first-order chi connectivity index (χ1) is 9.02. The van der Waals surface area contributed by atoms with Crippen molar-refractivity contribution in [1.29, 1.82) is 0 Å². The van der Waals surface area contributed by atoms with E-state index in [0.29, 0.717) is 6.61 Å². The number of amides is 1. The van der Waals surface area contributed by atoms with Gasteiger partial charge in [-0.05, 0) is 25.5 Å². The quantitative estimate of drug-likeness (QED) is 0.602. The van der Waals surface area contributed by atoms with Crippen molar-refractivity contribution in [3.63, 3.8) is 0 Å². The third-order valence-electron chi connectivity index (χ3n) is 2.54. The Hall–Kier alpha value is -2.10. The number of rotatable bonds is 5. The minimum atomic E-state index is -0.401. The van der Waals surface area contributed by atoms with Crippen LogP contribution in [0.25, 0.3) is 6.08 Å². The third-order valence-corrected chi connectivity index (χ3v) is 2.54. The number of hydrogen-bond acceptors (Lipinski definition) is 3. The number of carbonyl (C=O) groups excluding carboxylic acids is 2. The second-order valence-electron chi connectivity index (χ2n) is 4.24. The zero-order valence-electron chi connectivity index (χ0n) is 11.6. The fourth-order valence-electron chi connectivity index (χ4n) is 1.45. The number of esters is 1. The Kier molecular flexibility index (Phi) is 5.79. The highest BCUT2D eigenvalue weighted by Crippen LogP contribution is 2.05. The Morgan fingerprint density at radius 2 is 1.89 bits per heavy atom. The molecule has 4 heteroatoms. The predicted molar refractivity (Wildman–Crippen MR) is 74.5 cm³/mol. The number of carbonyl (C=O) groups is 2. The van der Waals surface area contributed by atoms with Gasteiger partial charge in [0.1, 0.15) is 6.54 Å². The van der Waals surface area contributed by atoms with Crippen molar-refractivity contribution in [1.82, 2.24) is 4.90 Å². The minimum absolute atomic E-state index is 0.0368. The van der Waals surface area contributed by atoms with E-state index in [1.165, 1.54) is 16.5 Å². The Morgan fingerprint density at radius 1 is 1.26 bits per heavy atom. The van der Waals surface area contributed by atoms with Crippen molar-refractivity contribution in [3.8, 4) is 0 Å². The fraction of sp³-hybridized carbons (Fsp3) is 0.333. The molecule has 0 atom stereocenters. The van der Waals surface area contributed by atoms with E-state index < -0.39 is 5.97 Å². The van der Waals surface area contributed by atoms with Crippen molar-refractivity contribution in [2.75, 3.05) is 20.2 Å². The molecule has 0 aromatic heterocycles.